The molecule has 2 aliphatic heterocycles. The van der Waals surface area contributed by atoms with E-state index in [0.717, 1.165) is 12.8 Å². The van der Waals surface area contributed by atoms with Gasteiger partial charge in [-0.05, 0) is 48.2 Å². The molecular weight excluding hydrogens is 292 g/mol. The smallest absolute Gasteiger partial charge is 0.0587 e. The minimum atomic E-state index is 0.440. The van der Waals surface area contributed by atoms with Gasteiger partial charge in [-0.25, -0.2) is 0 Å². The summed E-state index contributed by atoms with van der Waals surface area (Å²) in [5.41, 5.74) is 6.82. The van der Waals surface area contributed by atoms with E-state index >= 15 is 0 Å². The molecule has 2 heterocycles. The zero-order chi connectivity index (χ0) is 15.9. The lowest BCUT2D eigenvalue weighted by atomic mass is 9.99. The second-order valence-corrected chi connectivity index (χ2v) is 6.72. The highest BCUT2D eigenvalue weighted by Gasteiger charge is 2.38. The van der Waals surface area contributed by atoms with Crippen LogP contribution in [-0.4, -0.2) is 12.1 Å². The first-order valence-corrected chi connectivity index (χ1v) is 8.67. The van der Waals surface area contributed by atoms with Crippen molar-refractivity contribution >= 4 is 17.1 Å². The third-order valence-electron chi connectivity index (χ3n) is 5.31. The van der Waals surface area contributed by atoms with Gasteiger partial charge in [-0.2, -0.15) is 0 Å². The van der Waals surface area contributed by atoms with Crippen LogP contribution in [0.4, 0.5) is 17.1 Å². The van der Waals surface area contributed by atoms with Crippen molar-refractivity contribution in [2.75, 3.05) is 10.2 Å². The Morgan fingerprint density at radius 1 is 0.708 bits per heavy atom. The summed E-state index contributed by atoms with van der Waals surface area (Å²) in [5, 5.41) is 3.77. The average Bonchev–Trinajstić information content (AvgIpc) is 3.23. The first-order chi connectivity index (χ1) is 11.9. The SMILES string of the molecule is c1ccc(N2c3ccccc3CC2C2Cc3ccccc3N2)cc1. The predicted molar refractivity (Wildman–Crippen MR) is 100 cm³/mol. The van der Waals surface area contributed by atoms with Crippen molar-refractivity contribution in [1.29, 1.82) is 0 Å². The lowest BCUT2D eigenvalue weighted by molar-refractivity contribution is 0.578. The maximum Gasteiger partial charge on any atom is 0.0587 e. The highest BCUT2D eigenvalue weighted by atomic mass is 15.2. The van der Waals surface area contributed by atoms with E-state index in [1.165, 1.54) is 28.2 Å². The van der Waals surface area contributed by atoms with E-state index < -0.39 is 0 Å². The van der Waals surface area contributed by atoms with E-state index in [-0.39, 0.29) is 0 Å². The Kier molecular flexibility index (Phi) is 3.08. The van der Waals surface area contributed by atoms with Crippen LogP contribution in [0.3, 0.4) is 0 Å². The normalized spacial score (nSPS) is 21.2. The summed E-state index contributed by atoms with van der Waals surface area (Å²) in [6.07, 6.45) is 2.19. The summed E-state index contributed by atoms with van der Waals surface area (Å²) in [6, 6.07) is 29.2. The van der Waals surface area contributed by atoms with E-state index in [4.69, 9.17) is 0 Å². The van der Waals surface area contributed by atoms with Crippen molar-refractivity contribution in [1.82, 2.24) is 0 Å². The first kappa shape index (κ1) is 13.7. The molecule has 0 aromatic heterocycles. The van der Waals surface area contributed by atoms with E-state index in [9.17, 15) is 0 Å². The predicted octanol–water partition coefficient (Wildman–Crippen LogP) is 4.79. The van der Waals surface area contributed by atoms with Crippen molar-refractivity contribution in [3.63, 3.8) is 0 Å². The van der Waals surface area contributed by atoms with Crippen LogP contribution in [-0.2, 0) is 12.8 Å². The van der Waals surface area contributed by atoms with Crippen LogP contribution < -0.4 is 10.2 Å². The van der Waals surface area contributed by atoms with Crippen LogP contribution in [0, 0.1) is 0 Å². The van der Waals surface area contributed by atoms with Gasteiger partial charge in [-0.1, -0.05) is 54.6 Å². The summed E-state index contributed by atoms with van der Waals surface area (Å²) in [5.74, 6) is 0. The van der Waals surface area contributed by atoms with Crippen molar-refractivity contribution in [3.05, 3.63) is 90.0 Å². The van der Waals surface area contributed by atoms with Crippen molar-refractivity contribution in [2.24, 2.45) is 0 Å². The van der Waals surface area contributed by atoms with Crippen LogP contribution in [0.15, 0.2) is 78.9 Å². The van der Waals surface area contributed by atoms with Gasteiger partial charge in [-0.3, -0.25) is 0 Å². The number of anilines is 3. The molecule has 118 valence electrons. The number of benzene rings is 3. The van der Waals surface area contributed by atoms with Gasteiger partial charge < -0.3 is 10.2 Å². The fraction of sp³-hybridized carbons (Fsp3) is 0.182. The zero-order valence-corrected chi connectivity index (χ0v) is 13.5. The van der Waals surface area contributed by atoms with Gasteiger partial charge in [0.25, 0.3) is 0 Å². The van der Waals surface area contributed by atoms with Gasteiger partial charge >= 0.3 is 0 Å². The molecule has 24 heavy (non-hydrogen) atoms. The number of hydrogen-bond donors (Lipinski definition) is 1. The second-order valence-electron chi connectivity index (χ2n) is 6.72. The average molecular weight is 312 g/mol. The molecule has 0 saturated heterocycles. The Bertz CT molecular complexity index is 847. The van der Waals surface area contributed by atoms with E-state index in [2.05, 4.69) is 89.1 Å². The Labute approximate surface area is 142 Å². The van der Waals surface area contributed by atoms with Crippen LogP contribution in [0.2, 0.25) is 0 Å². The molecule has 5 rings (SSSR count). The molecule has 2 aliphatic rings. The summed E-state index contributed by atoms with van der Waals surface area (Å²) < 4.78 is 0. The third kappa shape index (κ3) is 2.10. The van der Waals surface area contributed by atoms with Crippen LogP contribution in [0.25, 0.3) is 0 Å². The van der Waals surface area contributed by atoms with E-state index in [1.54, 1.807) is 0 Å². The maximum atomic E-state index is 3.77. The minimum absolute atomic E-state index is 0.440. The lowest BCUT2D eigenvalue weighted by Crippen LogP contribution is -2.42. The number of rotatable bonds is 2. The molecule has 2 atom stereocenters. The van der Waals surface area contributed by atoms with Gasteiger partial charge in [0, 0.05) is 17.1 Å². The lowest BCUT2D eigenvalue weighted by Gasteiger charge is -2.32. The van der Waals surface area contributed by atoms with Gasteiger partial charge in [0.1, 0.15) is 0 Å². The molecule has 1 N–H and O–H groups in total. The monoisotopic (exact) mass is 312 g/mol. The molecule has 0 spiro atoms. The molecular formula is C22H20N2. The largest absolute Gasteiger partial charge is 0.380 e. The molecule has 3 aromatic rings. The third-order valence-corrected chi connectivity index (χ3v) is 5.31. The Morgan fingerprint density at radius 2 is 1.42 bits per heavy atom. The van der Waals surface area contributed by atoms with Crippen molar-refractivity contribution in [3.8, 4) is 0 Å². The van der Waals surface area contributed by atoms with Gasteiger partial charge in [0.2, 0.25) is 0 Å². The minimum Gasteiger partial charge on any atom is -0.380 e. The van der Waals surface area contributed by atoms with Crippen LogP contribution >= 0.6 is 0 Å². The topological polar surface area (TPSA) is 15.3 Å². The molecule has 0 fully saturated rings. The second kappa shape index (κ2) is 5.41. The number of hydrogen-bond acceptors (Lipinski definition) is 2. The van der Waals surface area contributed by atoms with Gasteiger partial charge in [-0.15, -0.1) is 0 Å². The number of para-hydroxylation sites is 3. The summed E-state index contributed by atoms with van der Waals surface area (Å²) >= 11 is 0. The molecule has 2 unspecified atom stereocenters. The summed E-state index contributed by atoms with van der Waals surface area (Å²) in [6.45, 7) is 0. The molecule has 2 heteroatoms. The zero-order valence-electron chi connectivity index (χ0n) is 13.5. The Hall–Kier alpha value is -2.74. The first-order valence-electron chi connectivity index (χ1n) is 8.67. The highest BCUT2D eigenvalue weighted by molar-refractivity contribution is 5.72. The summed E-state index contributed by atoms with van der Waals surface area (Å²) in [4.78, 5) is 2.53. The molecule has 2 nitrogen and oxygen atoms in total. The highest BCUT2D eigenvalue weighted by Crippen LogP contribution is 2.41. The molecule has 0 saturated carbocycles. The van der Waals surface area contributed by atoms with Crippen molar-refractivity contribution < 1.29 is 0 Å². The van der Waals surface area contributed by atoms with Crippen molar-refractivity contribution in [2.45, 2.75) is 24.9 Å². The molecule has 0 radical (unpaired) electrons. The van der Waals surface area contributed by atoms with E-state index in [1.807, 2.05) is 0 Å². The Morgan fingerprint density at radius 3 is 2.25 bits per heavy atom. The maximum absolute atomic E-state index is 3.77. The molecule has 3 aromatic carbocycles. The number of nitrogens with one attached hydrogen (secondary N) is 1. The Balaban J connectivity index is 1.54. The molecule has 0 bridgehead atoms. The standard InChI is InChI=1S/C22H20N2/c1-2-10-18(11-3-1)24-21-13-7-5-9-17(21)15-22(24)20-14-16-8-4-6-12-19(16)23-20/h1-13,20,22-23H,14-15H2. The van der Waals surface area contributed by atoms with Gasteiger partial charge in [0.05, 0.1) is 12.1 Å². The number of fused-ring (bicyclic) bond motifs is 2. The van der Waals surface area contributed by atoms with Crippen LogP contribution in [0.1, 0.15) is 11.1 Å². The quantitative estimate of drug-likeness (QED) is 0.732. The molecule has 0 aliphatic carbocycles. The van der Waals surface area contributed by atoms with Crippen LogP contribution in [0.5, 0.6) is 0 Å². The summed E-state index contributed by atoms with van der Waals surface area (Å²) in [7, 11) is 0. The molecule has 0 amide bonds. The van der Waals surface area contributed by atoms with E-state index in [0.29, 0.717) is 12.1 Å². The van der Waals surface area contributed by atoms with Gasteiger partial charge in [0.15, 0.2) is 0 Å². The number of nitrogens with zero attached hydrogens (tertiary/aromatic N) is 1. The fourth-order valence-electron chi connectivity index (χ4n) is 4.21. The fourth-order valence-corrected chi connectivity index (χ4v) is 4.21.